The molecule has 2 aliphatic heterocycles. The number of hydrogen-bond acceptors (Lipinski definition) is 6. The Morgan fingerprint density at radius 3 is 2.48 bits per heavy atom. The highest BCUT2D eigenvalue weighted by Crippen LogP contribution is 2.37. The number of likely N-dealkylation sites (tertiary alicyclic amines) is 1. The summed E-state index contributed by atoms with van der Waals surface area (Å²) in [5.74, 6) is -0.0966. The van der Waals surface area contributed by atoms with E-state index in [1.807, 2.05) is 17.0 Å². The molecule has 0 saturated carbocycles. The predicted molar refractivity (Wildman–Crippen MR) is 131 cm³/mol. The first-order valence-electron chi connectivity index (χ1n) is 11.0. The summed E-state index contributed by atoms with van der Waals surface area (Å²) < 4.78 is 0. The van der Waals surface area contributed by atoms with Crippen LogP contribution in [0.3, 0.4) is 0 Å². The van der Waals surface area contributed by atoms with E-state index in [0.29, 0.717) is 30.5 Å². The van der Waals surface area contributed by atoms with Crippen molar-refractivity contribution >= 4 is 40.6 Å². The Labute approximate surface area is 203 Å². The molecule has 2 aliphatic rings. The van der Waals surface area contributed by atoms with Crippen LogP contribution in [0.1, 0.15) is 18.4 Å². The summed E-state index contributed by atoms with van der Waals surface area (Å²) in [6, 6.07) is 10.4. The van der Waals surface area contributed by atoms with Crippen molar-refractivity contribution < 1.29 is 15.0 Å². The molecule has 8 nitrogen and oxygen atoms in total. The van der Waals surface area contributed by atoms with Crippen LogP contribution in [0.4, 0.5) is 16.2 Å². The number of hydrogen-bond donors (Lipinski definition) is 5. The van der Waals surface area contributed by atoms with Crippen LogP contribution in [0.5, 0.6) is 5.75 Å². The number of rotatable bonds is 6. The summed E-state index contributed by atoms with van der Waals surface area (Å²) in [5, 5.41) is 27.8. The summed E-state index contributed by atoms with van der Waals surface area (Å²) >= 11 is 12.0. The van der Waals surface area contributed by atoms with Crippen LogP contribution in [-0.4, -0.2) is 65.5 Å². The predicted octanol–water partition coefficient (Wildman–Crippen LogP) is 2.99. The lowest BCUT2D eigenvalue weighted by atomic mass is 10.0. The number of anilines is 2. The second kappa shape index (κ2) is 10.4. The average Bonchev–Trinajstić information content (AvgIpc) is 3.13. The van der Waals surface area contributed by atoms with Gasteiger partial charge in [0.05, 0.1) is 28.5 Å². The van der Waals surface area contributed by atoms with Gasteiger partial charge in [-0.25, -0.2) is 4.79 Å². The Hall–Kier alpha value is -2.23. The van der Waals surface area contributed by atoms with Gasteiger partial charge in [0.15, 0.2) is 0 Å². The third-order valence-corrected chi connectivity index (χ3v) is 6.86. The van der Waals surface area contributed by atoms with Crippen molar-refractivity contribution in [2.24, 2.45) is 5.73 Å². The highest BCUT2D eigenvalue weighted by molar-refractivity contribution is 6.32. The topological polar surface area (TPSA) is 114 Å². The van der Waals surface area contributed by atoms with Crippen LogP contribution in [0.2, 0.25) is 10.0 Å². The van der Waals surface area contributed by atoms with E-state index in [0.717, 1.165) is 37.5 Å². The summed E-state index contributed by atoms with van der Waals surface area (Å²) in [4.78, 5) is 15.7. The summed E-state index contributed by atoms with van der Waals surface area (Å²) in [6.07, 6.45) is 1.40. The standard InChI is InChI=1S/C23H29Cl2N5O3/c24-15-3-1-14(2-4-15)11-29-7-5-16(6-8-29)27-19-12-30(13-22(19)32)20-10-21(31)17(25)9-18(20)28-23(26)33/h1-4,9-10,16,19,22,27,31-32H,5-8,11-13H2,(H3,26,28,33). The van der Waals surface area contributed by atoms with E-state index in [2.05, 4.69) is 27.7 Å². The molecule has 33 heavy (non-hydrogen) atoms. The number of urea groups is 1. The fourth-order valence-corrected chi connectivity index (χ4v) is 4.89. The number of phenolic OH excluding ortho intramolecular Hbond substituents is 1. The number of benzene rings is 2. The second-order valence-corrected chi connectivity index (χ2v) is 9.58. The molecule has 2 saturated heterocycles. The third-order valence-electron chi connectivity index (χ3n) is 6.31. The van der Waals surface area contributed by atoms with Crippen molar-refractivity contribution in [3.8, 4) is 5.75 Å². The lowest BCUT2D eigenvalue weighted by Crippen LogP contribution is -2.49. The number of aromatic hydroxyl groups is 1. The van der Waals surface area contributed by atoms with Gasteiger partial charge in [0.1, 0.15) is 5.75 Å². The normalized spacial score (nSPS) is 22.0. The number of amides is 2. The molecule has 0 aromatic heterocycles. The number of primary amides is 1. The van der Waals surface area contributed by atoms with Gasteiger partial charge in [-0.3, -0.25) is 4.90 Å². The first-order valence-corrected chi connectivity index (χ1v) is 11.8. The van der Waals surface area contributed by atoms with E-state index in [1.165, 1.54) is 17.7 Å². The highest BCUT2D eigenvalue weighted by atomic mass is 35.5. The molecule has 2 atom stereocenters. The van der Waals surface area contributed by atoms with Gasteiger partial charge in [-0.05, 0) is 49.7 Å². The van der Waals surface area contributed by atoms with E-state index in [1.54, 1.807) is 0 Å². The van der Waals surface area contributed by atoms with Gasteiger partial charge in [-0.15, -0.1) is 0 Å². The number of piperidine rings is 1. The minimum absolute atomic E-state index is 0.0966. The van der Waals surface area contributed by atoms with Crippen LogP contribution < -0.4 is 21.3 Å². The second-order valence-electron chi connectivity index (χ2n) is 8.73. The van der Waals surface area contributed by atoms with Crippen molar-refractivity contribution in [3.63, 3.8) is 0 Å². The fourth-order valence-electron chi connectivity index (χ4n) is 4.60. The van der Waals surface area contributed by atoms with Crippen LogP contribution in [-0.2, 0) is 6.54 Å². The van der Waals surface area contributed by atoms with Gasteiger partial charge in [0.25, 0.3) is 0 Å². The van der Waals surface area contributed by atoms with Gasteiger partial charge >= 0.3 is 6.03 Å². The lowest BCUT2D eigenvalue weighted by Gasteiger charge is -2.34. The Morgan fingerprint density at radius 2 is 1.82 bits per heavy atom. The van der Waals surface area contributed by atoms with E-state index in [-0.39, 0.29) is 16.8 Å². The highest BCUT2D eigenvalue weighted by Gasteiger charge is 2.35. The number of halogens is 2. The zero-order valence-electron chi connectivity index (χ0n) is 18.2. The smallest absolute Gasteiger partial charge is 0.316 e. The first kappa shape index (κ1) is 23.9. The van der Waals surface area contributed by atoms with E-state index >= 15 is 0 Å². The number of β-amino-alcohol motifs (C(OH)–C–C–N with tert-alkyl or cyclic N) is 1. The fraction of sp³-hybridized carbons (Fsp3) is 0.435. The Morgan fingerprint density at radius 1 is 1.12 bits per heavy atom. The van der Waals surface area contributed by atoms with Gasteiger partial charge in [-0.2, -0.15) is 0 Å². The number of aliphatic hydroxyl groups excluding tert-OH is 1. The maximum absolute atomic E-state index is 11.4. The molecule has 178 valence electrons. The first-order chi connectivity index (χ1) is 15.8. The number of nitrogens with zero attached hydrogens (tertiary/aromatic N) is 2. The van der Waals surface area contributed by atoms with Gasteiger partial charge in [-0.1, -0.05) is 35.3 Å². The molecule has 6 N–H and O–H groups in total. The van der Waals surface area contributed by atoms with Crippen LogP contribution in [0.25, 0.3) is 0 Å². The minimum Gasteiger partial charge on any atom is -0.506 e. The van der Waals surface area contributed by atoms with Crippen LogP contribution >= 0.6 is 23.2 Å². The molecule has 4 rings (SSSR count). The number of carbonyl (C=O) groups excluding carboxylic acids is 1. The molecule has 10 heteroatoms. The molecule has 2 unspecified atom stereocenters. The third kappa shape index (κ3) is 6.02. The molecule has 0 radical (unpaired) electrons. The van der Waals surface area contributed by atoms with Crippen LogP contribution in [0.15, 0.2) is 36.4 Å². The molecule has 0 spiro atoms. The van der Waals surface area contributed by atoms with E-state index in [9.17, 15) is 15.0 Å². The SMILES string of the molecule is NC(=O)Nc1cc(Cl)c(O)cc1N1CC(O)C(NC2CCN(Cc3ccc(Cl)cc3)CC2)C1. The maximum atomic E-state index is 11.4. The molecule has 2 heterocycles. The molecule has 2 amide bonds. The van der Waals surface area contributed by atoms with Crippen molar-refractivity contribution in [1.82, 2.24) is 10.2 Å². The van der Waals surface area contributed by atoms with Gasteiger partial charge < -0.3 is 31.5 Å². The molecular weight excluding hydrogens is 465 g/mol. The van der Waals surface area contributed by atoms with E-state index in [4.69, 9.17) is 28.9 Å². The molecule has 2 aromatic carbocycles. The molecule has 2 aromatic rings. The van der Waals surface area contributed by atoms with Gasteiger partial charge in [0.2, 0.25) is 0 Å². The molecule has 0 aliphatic carbocycles. The Balaban J connectivity index is 1.33. The molecular formula is C23H29Cl2N5O3. The molecule has 0 bridgehead atoms. The quantitative estimate of drug-likeness (QED) is 0.395. The number of phenols is 1. The number of carbonyl (C=O) groups is 1. The van der Waals surface area contributed by atoms with Crippen molar-refractivity contribution in [2.75, 3.05) is 36.4 Å². The van der Waals surface area contributed by atoms with Crippen LogP contribution in [0, 0.1) is 0 Å². The average molecular weight is 494 g/mol. The zero-order valence-corrected chi connectivity index (χ0v) is 19.7. The Kier molecular flexibility index (Phi) is 7.51. The van der Waals surface area contributed by atoms with E-state index < -0.39 is 12.1 Å². The monoisotopic (exact) mass is 493 g/mol. The van der Waals surface area contributed by atoms with Crippen molar-refractivity contribution in [2.45, 2.75) is 37.6 Å². The minimum atomic E-state index is -0.724. The number of nitrogens with two attached hydrogens (primary N) is 1. The maximum Gasteiger partial charge on any atom is 0.316 e. The summed E-state index contributed by atoms with van der Waals surface area (Å²) in [7, 11) is 0. The number of nitrogens with one attached hydrogen (secondary N) is 2. The van der Waals surface area contributed by atoms with Crippen molar-refractivity contribution in [1.29, 1.82) is 0 Å². The Bertz CT molecular complexity index is 983. The summed E-state index contributed by atoms with van der Waals surface area (Å²) in [6.45, 7) is 3.75. The lowest BCUT2D eigenvalue weighted by molar-refractivity contribution is 0.136. The molecule has 2 fully saturated rings. The van der Waals surface area contributed by atoms with Gasteiger partial charge in [0, 0.05) is 36.8 Å². The van der Waals surface area contributed by atoms with Crippen molar-refractivity contribution in [3.05, 3.63) is 52.0 Å². The largest absolute Gasteiger partial charge is 0.506 e. The number of aliphatic hydroxyl groups is 1. The zero-order chi connectivity index (χ0) is 23.5. The summed E-state index contributed by atoms with van der Waals surface area (Å²) in [5.41, 5.74) is 7.49.